The molecule has 2 aromatic carbocycles. The van der Waals surface area contributed by atoms with E-state index < -0.39 is 0 Å². The fourth-order valence-corrected chi connectivity index (χ4v) is 4.47. The van der Waals surface area contributed by atoms with Crippen molar-refractivity contribution >= 4 is 0 Å². The summed E-state index contributed by atoms with van der Waals surface area (Å²) in [7, 11) is 0. The molecule has 0 aliphatic heterocycles. The fourth-order valence-electron chi connectivity index (χ4n) is 4.47. The Hall–Kier alpha value is -2.35. The zero-order chi connectivity index (χ0) is 21.6. The molecular formula is C29H40N2. The molecule has 3 rings (SSSR count). The molecule has 1 aromatic heterocycles. The van der Waals surface area contributed by atoms with Crippen LogP contribution in [0.4, 0.5) is 0 Å². The van der Waals surface area contributed by atoms with Crippen LogP contribution < -0.4 is 0 Å². The quantitative estimate of drug-likeness (QED) is 0.230. The smallest absolute Gasteiger partial charge is 0.109 e. The van der Waals surface area contributed by atoms with Gasteiger partial charge in [0.15, 0.2) is 0 Å². The van der Waals surface area contributed by atoms with Gasteiger partial charge in [-0.1, -0.05) is 113 Å². The molecule has 0 aliphatic carbocycles. The van der Waals surface area contributed by atoms with Crippen molar-refractivity contribution in [3.8, 4) is 0 Å². The summed E-state index contributed by atoms with van der Waals surface area (Å²) in [6, 6.07) is 21.9. The third-order valence-corrected chi connectivity index (χ3v) is 6.38. The van der Waals surface area contributed by atoms with Crippen molar-refractivity contribution in [1.82, 2.24) is 9.55 Å². The van der Waals surface area contributed by atoms with Crippen molar-refractivity contribution in [3.63, 3.8) is 0 Å². The largest absolute Gasteiger partial charge is 0.335 e. The lowest BCUT2D eigenvalue weighted by molar-refractivity contribution is 0.521. The Morgan fingerprint density at radius 1 is 0.774 bits per heavy atom. The van der Waals surface area contributed by atoms with Gasteiger partial charge >= 0.3 is 0 Å². The summed E-state index contributed by atoms with van der Waals surface area (Å²) in [6.07, 6.45) is 18.3. The van der Waals surface area contributed by atoms with Gasteiger partial charge in [-0.3, -0.25) is 0 Å². The topological polar surface area (TPSA) is 17.8 Å². The van der Waals surface area contributed by atoms with E-state index in [1.165, 1.54) is 68.3 Å². The van der Waals surface area contributed by atoms with Gasteiger partial charge in [0.05, 0.1) is 0 Å². The van der Waals surface area contributed by atoms with Gasteiger partial charge < -0.3 is 4.57 Å². The lowest BCUT2D eigenvalue weighted by atomic mass is 9.89. The van der Waals surface area contributed by atoms with E-state index in [0.29, 0.717) is 5.92 Å². The summed E-state index contributed by atoms with van der Waals surface area (Å²) >= 11 is 0. The van der Waals surface area contributed by atoms with Crippen molar-refractivity contribution < 1.29 is 0 Å². The summed E-state index contributed by atoms with van der Waals surface area (Å²) in [5.41, 5.74) is 2.85. The molecule has 166 valence electrons. The highest BCUT2D eigenvalue weighted by Crippen LogP contribution is 2.26. The van der Waals surface area contributed by atoms with Crippen LogP contribution in [0.1, 0.15) is 87.6 Å². The molecule has 0 fully saturated rings. The van der Waals surface area contributed by atoms with Gasteiger partial charge in [-0.15, -0.1) is 0 Å². The van der Waals surface area contributed by atoms with E-state index >= 15 is 0 Å². The van der Waals surface area contributed by atoms with E-state index in [0.717, 1.165) is 25.8 Å². The summed E-state index contributed by atoms with van der Waals surface area (Å²) in [5.74, 6) is 1.74. The predicted octanol–water partition coefficient (Wildman–Crippen LogP) is 7.98. The van der Waals surface area contributed by atoms with Crippen LogP contribution in [-0.2, 0) is 19.4 Å². The van der Waals surface area contributed by atoms with E-state index in [-0.39, 0.29) is 0 Å². The minimum absolute atomic E-state index is 0.501. The standard InChI is InChI=1S/C29H40N2/c1-2-3-4-5-6-7-8-15-23-31-24-22-30-29(31)25-28(27-18-13-10-14-19-27)21-20-26-16-11-9-12-17-26/h9-14,16-19,22,24,28H,2-8,15,20-21,23,25H2,1H3. The van der Waals surface area contributed by atoms with Crippen LogP contribution in [0, 0.1) is 0 Å². The average molecular weight is 417 g/mol. The highest BCUT2D eigenvalue weighted by molar-refractivity contribution is 5.22. The zero-order valence-electron chi connectivity index (χ0n) is 19.4. The minimum atomic E-state index is 0.501. The van der Waals surface area contributed by atoms with E-state index in [9.17, 15) is 0 Å². The van der Waals surface area contributed by atoms with E-state index in [1.807, 2.05) is 6.20 Å². The summed E-state index contributed by atoms with van der Waals surface area (Å²) < 4.78 is 2.40. The average Bonchev–Trinajstić information content (AvgIpc) is 3.26. The molecule has 1 atom stereocenters. The molecule has 0 amide bonds. The Morgan fingerprint density at radius 3 is 2.13 bits per heavy atom. The fraction of sp³-hybridized carbons (Fsp3) is 0.483. The molecule has 0 bridgehead atoms. The van der Waals surface area contributed by atoms with Gasteiger partial charge in [0.25, 0.3) is 0 Å². The van der Waals surface area contributed by atoms with Crippen LogP contribution in [0.3, 0.4) is 0 Å². The number of aromatic nitrogens is 2. The van der Waals surface area contributed by atoms with Gasteiger partial charge in [-0.2, -0.15) is 0 Å². The maximum absolute atomic E-state index is 4.75. The van der Waals surface area contributed by atoms with E-state index in [2.05, 4.69) is 78.4 Å². The van der Waals surface area contributed by atoms with E-state index in [4.69, 9.17) is 4.98 Å². The molecule has 1 heterocycles. The molecular weight excluding hydrogens is 376 g/mol. The molecule has 31 heavy (non-hydrogen) atoms. The second kappa shape index (κ2) is 13.9. The highest BCUT2D eigenvalue weighted by atomic mass is 15.1. The number of nitrogens with zero attached hydrogens (tertiary/aromatic N) is 2. The number of rotatable bonds is 15. The molecule has 3 aromatic rings. The van der Waals surface area contributed by atoms with Crippen LogP contribution >= 0.6 is 0 Å². The summed E-state index contributed by atoms with van der Waals surface area (Å²) in [4.78, 5) is 4.75. The Kier molecular flexibility index (Phi) is 10.4. The third kappa shape index (κ3) is 8.36. The number of imidazole rings is 1. The second-order valence-electron chi connectivity index (χ2n) is 8.85. The van der Waals surface area contributed by atoms with Gasteiger partial charge in [-0.05, 0) is 36.3 Å². The van der Waals surface area contributed by atoms with Crippen molar-refractivity contribution in [1.29, 1.82) is 0 Å². The van der Waals surface area contributed by atoms with Crippen LogP contribution in [-0.4, -0.2) is 9.55 Å². The number of benzene rings is 2. The maximum Gasteiger partial charge on any atom is 0.109 e. The molecule has 0 spiro atoms. The van der Waals surface area contributed by atoms with Crippen LogP contribution in [0.2, 0.25) is 0 Å². The molecule has 0 N–H and O–H groups in total. The lowest BCUT2D eigenvalue weighted by Crippen LogP contribution is -2.11. The molecule has 0 radical (unpaired) electrons. The van der Waals surface area contributed by atoms with Gasteiger partial charge in [0, 0.05) is 25.4 Å². The monoisotopic (exact) mass is 416 g/mol. The molecule has 0 saturated carbocycles. The van der Waals surface area contributed by atoms with Crippen molar-refractivity contribution in [2.45, 2.75) is 90.0 Å². The van der Waals surface area contributed by atoms with Crippen LogP contribution in [0.15, 0.2) is 73.1 Å². The Labute approximate surface area is 189 Å². The first kappa shape index (κ1) is 23.3. The minimum Gasteiger partial charge on any atom is -0.335 e. The lowest BCUT2D eigenvalue weighted by Gasteiger charge is -2.18. The van der Waals surface area contributed by atoms with Crippen molar-refractivity contribution in [2.24, 2.45) is 0 Å². The van der Waals surface area contributed by atoms with Crippen LogP contribution in [0.5, 0.6) is 0 Å². The van der Waals surface area contributed by atoms with Crippen molar-refractivity contribution in [3.05, 3.63) is 90.0 Å². The third-order valence-electron chi connectivity index (χ3n) is 6.38. The Bertz CT molecular complexity index is 822. The molecule has 2 heteroatoms. The first-order valence-corrected chi connectivity index (χ1v) is 12.5. The van der Waals surface area contributed by atoms with E-state index in [1.54, 1.807) is 0 Å². The summed E-state index contributed by atoms with van der Waals surface area (Å²) in [6.45, 7) is 3.39. The van der Waals surface area contributed by atoms with Gasteiger partial charge in [0.1, 0.15) is 5.82 Å². The molecule has 0 aliphatic rings. The Morgan fingerprint density at radius 2 is 1.42 bits per heavy atom. The highest BCUT2D eigenvalue weighted by Gasteiger charge is 2.15. The van der Waals surface area contributed by atoms with Gasteiger partial charge in [-0.25, -0.2) is 4.98 Å². The number of unbranched alkanes of at least 4 members (excludes halogenated alkanes) is 7. The number of hydrogen-bond acceptors (Lipinski definition) is 1. The van der Waals surface area contributed by atoms with Crippen LogP contribution in [0.25, 0.3) is 0 Å². The normalized spacial score (nSPS) is 12.2. The molecule has 1 unspecified atom stereocenters. The van der Waals surface area contributed by atoms with Crippen molar-refractivity contribution in [2.75, 3.05) is 0 Å². The maximum atomic E-state index is 4.75. The molecule has 0 saturated heterocycles. The SMILES string of the molecule is CCCCCCCCCCn1ccnc1CC(CCc1ccccc1)c1ccccc1. The predicted molar refractivity (Wildman–Crippen MR) is 132 cm³/mol. The first-order chi connectivity index (χ1) is 15.4. The first-order valence-electron chi connectivity index (χ1n) is 12.5. The zero-order valence-corrected chi connectivity index (χ0v) is 19.4. The second-order valence-corrected chi connectivity index (χ2v) is 8.85. The summed E-state index contributed by atoms with van der Waals surface area (Å²) in [5, 5.41) is 0. The number of hydrogen-bond donors (Lipinski definition) is 0. The Balaban J connectivity index is 1.52. The van der Waals surface area contributed by atoms with Gasteiger partial charge in [0.2, 0.25) is 0 Å². The number of aryl methyl sites for hydroxylation is 2. The molecule has 2 nitrogen and oxygen atoms in total.